The lowest BCUT2D eigenvalue weighted by atomic mass is 10.3. The van der Waals surface area contributed by atoms with Crippen LogP contribution in [0.3, 0.4) is 0 Å². The number of hydrogen-bond acceptors (Lipinski definition) is 3. The molecule has 1 heterocycles. The van der Waals surface area contributed by atoms with Gasteiger partial charge in [0, 0.05) is 30.2 Å². The van der Waals surface area contributed by atoms with Gasteiger partial charge in [0.1, 0.15) is 0 Å². The van der Waals surface area contributed by atoms with Crippen molar-refractivity contribution in [2.45, 2.75) is 0 Å². The fraction of sp³-hybridized carbons (Fsp3) is 0. The lowest BCUT2D eigenvalue weighted by Gasteiger charge is -2.07. The summed E-state index contributed by atoms with van der Waals surface area (Å²) in [5, 5.41) is 2.62. The molecule has 0 bridgehead atoms. The van der Waals surface area contributed by atoms with E-state index in [2.05, 4.69) is 15.8 Å². The first kappa shape index (κ1) is 10.9. The maximum Gasteiger partial charge on any atom is 0.352 e. The third-order valence-electron chi connectivity index (χ3n) is 1.94. The van der Waals surface area contributed by atoms with Gasteiger partial charge in [0.2, 0.25) is 0 Å². The average molecular weight is 229 g/mol. The molecule has 2 amide bonds. The van der Waals surface area contributed by atoms with Crippen LogP contribution in [-0.4, -0.2) is 11.0 Å². The highest BCUT2D eigenvalue weighted by Crippen LogP contribution is 2.06. The van der Waals surface area contributed by atoms with E-state index >= 15 is 0 Å². The normalized spacial score (nSPS) is 9.41. The Bertz CT molecular complexity index is 474. The Balaban J connectivity index is 1.83. The van der Waals surface area contributed by atoms with Crippen LogP contribution in [0.2, 0.25) is 0 Å². The molecule has 1 aromatic carbocycles. The molecule has 0 atom stereocenters. The van der Waals surface area contributed by atoms with Gasteiger partial charge in [-0.25, -0.2) is 4.79 Å². The number of carbonyl (C=O) groups is 1. The van der Waals surface area contributed by atoms with E-state index in [0.717, 1.165) is 0 Å². The number of amides is 2. The van der Waals surface area contributed by atoms with E-state index < -0.39 is 6.03 Å². The summed E-state index contributed by atoms with van der Waals surface area (Å²) in [5.41, 5.74) is 2.97. The fourth-order valence-corrected chi connectivity index (χ4v) is 1.19. The number of benzene rings is 1. The molecule has 0 spiro atoms. The zero-order chi connectivity index (χ0) is 11.9. The van der Waals surface area contributed by atoms with Crippen LogP contribution in [0, 0.1) is 0 Å². The minimum Gasteiger partial charge on any atom is -0.378 e. The maximum atomic E-state index is 11.4. The van der Waals surface area contributed by atoms with Crippen LogP contribution in [0.5, 0.6) is 5.75 Å². The second-order valence-electron chi connectivity index (χ2n) is 3.21. The summed E-state index contributed by atoms with van der Waals surface area (Å²) < 4.78 is 0. The van der Waals surface area contributed by atoms with Crippen molar-refractivity contribution >= 4 is 11.7 Å². The van der Waals surface area contributed by atoms with Crippen LogP contribution in [0.4, 0.5) is 10.5 Å². The van der Waals surface area contributed by atoms with Crippen LogP contribution in [0.15, 0.2) is 54.9 Å². The summed E-state index contributed by atoms with van der Waals surface area (Å²) >= 11 is 0. The smallest absolute Gasteiger partial charge is 0.352 e. The van der Waals surface area contributed by atoms with Gasteiger partial charge >= 0.3 is 6.03 Å². The molecule has 17 heavy (non-hydrogen) atoms. The van der Waals surface area contributed by atoms with Crippen molar-refractivity contribution in [2.75, 3.05) is 5.32 Å². The summed E-state index contributed by atoms with van der Waals surface area (Å²) in [6.07, 6.45) is 3.15. The van der Waals surface area contributed by atoms with Gasteiger partial charge in [-0.3, -0.25) is 4.98 Å². The molecule has 2 rings (SSSR count). The van der Waals surface area contributed by atoms with Crippen LogP contribution >= 0.6 is 0 Å². The molecule has 0 saturated carbocycles. The zero-order valence-electron chi connectivity index (χ0n) is 8.96. The predicted octanol–water partition coefficient (Wildman–Crippen LogP) is 2.20. The van der Waals surface area contributed by atoms with Crippen molar-refractivity contribution < 1.29 is 9.63 Å². The third-order valence-corrected chi connectivity index (χ3v) is 1.94. The minimum atomic E-state index is -0.437. The van der Waals surface area contributed by atoms with Crippen LogP contribution in [0.1, 0.15) is 0 Å². The van der Waals surface area contributed by atoms with Crippen molar-refractivity contribution in [2.24, 2.45) is 0 Å². The average Bonchev–Trinajstić information content (AvgIpc) is 2.39. The van der Waals surface area contributed by atoms with Gasteiger partial charge in [0.05, 0.1) is 0 Å². The Morgan fingerprint density at radius 1 is 1.06 bits per heavy atom. The number of nitrogens with one attached hydrogen (secondary N) is 2. The summed E-state index contributed by atoms with van der Waals surface area (Å²) in [6, 6.07) is 12.0. The Hall–Kier alpha value is -2.56. The number of para-hydroxylation sites is 1. The Kier molecular flexibility index (Phi) is 3.54. The zero-order valence-corrected chi connectivity index (χ0v) is 8.96. The molecule has 2 aromatic rings. The van der Waals surface area contributed by atoms with Crippen molar-refractivity contribution in [1.82, 2.24) is 10.5 Å². The largest absolute Gasteiger partial charge is 0.378 e. The number of anilines is 1. The molecule has 2 N–H and O–H groups in total. The van der Waals surface area contributed by atoms with E-state index in [1.807, 2.05) is 18.2 Å². The summed E-state index contributed by atoms with van der Waals surface area (Å²) in [5.74, 6) is 0.517. The van der Waals surface area contributed by atoms with Crippen LogP contribution in [-0.2, 0) is 0 Å². The van der Waals surface area contributed by atoms with Gasteiger partial charge in [-0.1, -0.05) is 18.2 Å². The van der Waals surface area contributed by atoms with Gasteiger partial charge < -0.3 is 10.2 Å². The first-order valence-electron chi connectivity index (χ1n) is 5.03. The highest BCUT2D eigenvalue weighted by atomic mass is 16.7. The highest BCUT2D eigenvalue weighted by Gasteiger charge is 2.01. The molecule has 5 heteroatoms. The van der Waals surface area contributed by atoms with E-state index in [1.165, 1.54) is 0 Å². The molecule has 0 aliphatic rings. The standard InChI is InChI=1S/C12H11N3O2/c16-12(14-10-4-2-1-3-5-10)15-17-11-6-8-13-9-7-11/h1-9H,(H2,14,15,16). The second-order valence-corrected chi connectivity index (χ2v) is 3.21. The SMILES string of the molecule is O=C(NOc1ccncc1)Nc1ccccc1. The maximum absolute atomic E-state index is 11.4. The molecule has 0 aliphatic carbocycles. The predicted molar refractivity (Wildman–Crippen MR) is 63.5 cm³/mol. The van der Waals surface area contributed by atoms with Gasteiger partial charge in [-0.05, 0) is 12.1 Å². The second kappa shape index (κ2) is 5.50. The van der Waals surface area contributed by atoms with E-state index in [9.17, 15) is 4.79 Å². The number of hydroxylamine groups is 1. The third kappa shape index (κ3) is 3.49. The van der Waals surface area contributed by atoms with E-state index in [0.29, 0.717) is 11.4 Å². The van der Waals surface area contributed by atoms with Crippen LogP contribution < -0.4 is 15.6 Å². The summed E-state index contributed by atoms with van der Waals surface area (Å²) in [7, 11) is 0. The van der Waals surface area contributed by atoms with E-state index in [4.69, 9.17) is 4.84 Å². The lowest BCUT2D eigenvalue weighted by Crippen LogP contribution is -2.31. The molecule has 0 radical (unpaired) electrons. The number of carbonyl (C=O) groups excluding carboxylic acids is 1. The number of aromatic nitrogens is 1. The van der Waals surface area contributed by atoms with Gasteiger partial charge in [-0.15, -0.1) is 0 Å². The molecule has 0 fully saturated rings. The molecular weight excluding hydrogens is 218 g/mol. The monoisotopic (exact) mass is 229 g/mol. The van der Waals surface area contributed by atoms with Crippen molar-refractivity contribution in [3.63, 3.8) is 0 Å². The van der Waals surface area contributed by atoms with Gasteiger partial charge in [-0.2, -0.15) is 5.48 Å². The number of hydrogen-bond donors (Lipinski definition) is 2. The number of urea groups is 1. The molecular formula is C12H11N3O2. The van der Waals surface area contributed by atoms with Crippen LogP contribution in [0.25, 0.3) is 0 Å². The molecule has 0 aliphatic heterocycles. The fourth-order valence-electron chi connectivity index (χ4n) is 1.19. The van der Waals surface area contributed by atoms with Gasteiger partial charge in [0.15, 0.2) is 5.75 Å². The number of rotatable bonds is 3. The van der Waals surface area contributed by atoms with E-state index in [-0.39, 0.29) is 0 Å². The molecule has 1 aromatic heterocycles. The Morgan fingerprint density at radius 3 is 2.47 bits per heavy atom. The lowest BCUT2D eigenvalue weighted by molar-refractivity contribution is 0.189. The Labute approximate surface area is 98.4 Å². The summed E-state index contributed by atoms with van der Waals surface area (Å²) in [6.45, 7) is 0. The van der Waals surface area contributed by atoms with Crippen molar-refractivity contribution in [3.05, 3.63) is 54.9 Å². The molecule has 86 valence electrons. The van der Waals surface area contributed by atoms with Crippen molar-refractivity contribution in [1.29, 1.82) is 0 Å². The number of nitrogens with zero attached hydrogens (tertiary/aromatic N) is 1. The molecule has 0 saturated heterocycles. The first-order valence-corrected chi connectivity index (χ1v) is 5.03. The van der Waals surface area contributed by atoms with Gasteiger partial charge in [0.25, 0.3) is 0 Å². The quantitative estimate of drug-likeness (QED) is 0.793. The van der Waals surface area contributed by atoms with Crippen molar-refractivity contribution in [3.8, 4) is 5.75 Å². The molecule has 5 nitrogen and oxygen atoms in total. The Morgan fingerprint density at radius 2 is 1.76 bits per heavy atom. The molecule has 0 unspecified atom stereocenters. The minimum absolute atomic E-state index is 0.437. The highest BCUT2D eigenvalue weighted by molar-refractivity contribution is 5.88. The summed E-state index contributed by atoms with van der Waals surface area (Å²) in [4.78, 5) is 20.3. The first-order chi connectivity index (χ1) is 8.34. The topological polar surface area (TPSA) is 63.2 Å². The van der Waals surface area contributed by atoms with E-state index in [1.54, 1.807) is 36.7 Å². The number of pyridine rings is 1.